The van der Waals surface area contributed by atoms with Gasteiger partial charge in [-0.15, -0.1) is 0 Å². The molecule has 3 nitrogen and oxygen atoms in total. The summed E-state index contributed by atoms with van der Waals surface area (Å²) in [5.41, 5.74) is 5.74. The van der Waals surface area contributed by atoms with E-state index in [1.54, 1.807) is 18.8 Å². The quantitative estimate of drug-likeness (QED) is 0.858. The number of amides is 1. The van der Waals surface area contributed by atoms with Crippen molar-refractivity contribution in [1.82, 2.24) is 5.32 Å². The Balaban J connectivity index is 3.07. The number of primary amides is 1. The molecule has 0 saturated carbocycles. The van der Waals surface area contributed by atoms with E-state index in [9.17, 15) is 4.79 Å². The van der Waals surface area contributed by atoms with Crippen molar-refractivity contribution in [3.63, 3.8) is 0 Å². The number of nitrogens with one attached hydrogen (secondary N) is 1. The molecule has 0 aromatic heterocycles. The van der Waals surface area contributed by atoms with Gasteiger partial charge in [0.05, 0.1) is 0 Å². The van der Waals surface area contributed by atoms with Crippen LogP contribution in [0.1, 0.15) is 26.3 Å². The molecular weight excluding hydrogens is 244 g/mol. The fourth-order valence-corrected chi connectivity index (χ4v) is 2.79. The van der Waals surface area contributed by atoms with Gasteiger partial charge in [0.1, 0.15) is 5.54 Å². The fourth-order valence-electron chi connectivity index (χ4n) is 1.68. The molecule has 0 spiro atoms. The number of likely N-dealkylation sites (N-methyl/N-ethyl adjacent to an activating group) is 1. The van der Waals surface area contributed by atoms with Crippen LogP contribution in [0.5, 0.6) is 0 Å². The van der Waals surface area contributed by atoms with Crippen LogP contribution in [-0.4, -0.2) is 23.5 Å². The second-order valence-corrected chi connectivity index (χ2v) is 7.09. The van der Waals surface area contributed by atoms with Crippen molar-refractivity contribution in [3.8, 4) is 0 Å². The van der Waals surface area contributed by atoms with Gasteiger partial charge < -0.3 is 11.1 Å². The van der Waals surface area contributed by atoms with E-state index in [1.165, 1.54) is 0 Å². The Bertz CT molecular complexity index is 400. The summed E-state index contributed by atoms with van der Waals surface area (Å²) in [4.78, 5) is 11.9. The van der Waals surface area contributed by atoms with Gasteiger partial charge in [0.2, 0.25) is 5.91 Å². The molecule has 0 heterocycles. The van der Waals surface area contributed by atoms with Crippen LogP contribution in [0.4, 0.5) is 0 Å². The third kappa shape index (κ3) is 3.50. The van der Waals surface area contributed by atoms with Crippen molar-refractivity contribution in [3.05, 3.63) is 35.9 Å². The molecule has 1 atom stereocenters. The Morgan fingerprint density at radius 2 is 1.83 bits per heavy atom. The zero-order valence-electron chi connectivity index (χ0n) is 11.5. The monoisotopic (exact) mass is 266 g/mol. The first-order valence-corrected chi connectivity index (χ1v) is 6.99. The van der Waals surface area contributed by atoms with Crippen LogP contribution in [0.2, 0.25) is 0 Å². The average molecular weight is 266 g/mol. The van der Waals surface area contributed by atoms with E-state index in [0.717, 1.165) is 5.56 Å². The zero-order chi connectivity index (χ0) is 13.8. The highest BCUT2D eigenvalue weighted by atomic mass is 32.2. The summed E-state index contributed by atoms with van der Waals surface area (Å²) in [6, 6.07) is 9.65. The molecule has 0 bridgehead atoms. The molecule has 0 fully saturated rings. The molecule has 0 radical (unpaired) electrons. The molecule has 1 amide bonds. The maximum atomic E-state index is 11.9. The highest BCUT2D eigenvalue weighted by Crippen LogP contribution is 2.32. The van der Waals surface area contributed by atoms with E-state index in [1.807, 2.05) is 30.3 Å². The zero-order valence-corrected chi connectivity index (χ0v) is 12.3. The van der Waals surface area contributed by atoms with Crippen LogP contribution in [0.25, 0.3) is 0 Å². The fraction of sp³-hybridized carbons (Fsp3) is 0.500. The van der Waals surface area contributed by atoms with E-state index in [-0.39, 0.29) is 10.7 Å². The van der Waals surface area contributed by atoms with Crippen molar-refractivity contribution in [1.29, 1.82) is 0 Å². The molecule has 3 N–H and O–H groups in total. The van der Waals surface area contributed by atoms with Gasteiger partial charge >= 0.3 is 0 Å². The maximum Gasteiger partial charge on any atom is 0.243 e. The largest absolute Gasteiger partial charge is 0.368 e. The van der Waals surface area contributed by atoms with Crippen LogP contribution in [0.15, 0.2) is 30.3 Å². The molecule has 1 aromatic carbocycles. The van der Waals surface area contributed by atoms with Crippen LogP contribution >= 0.6 is 11.8 Å². The Morgan fingerprint density at radius 1 is 1.28 bits per heavy atom. The minimum Gasteiger partial charge on any atom is -0.368 e. The third-order valence-corrected chi connectivity index (χ3v) is 4.28. The minimum atomic E-state index is -0.806. The topological polar surface area (TPSA) is 55.1 Å². The molecule has 0 aliphatic rings. The molecule has 1 rings (SSSR count). The predicted molar refractivity (Wildman–Crippen MR) is 78.6 cm³/mol. The highest BCUT2D eigenvalue weighted by Gasteiger charge is 2.38. The van der Waals surface area contributed by atoms with E-state index in [4.69, 9.17) is 5.73 Å². The SMILES string of the molecule is CNC(CSC(C)(C)C)(C(N)=O)c1ccccc1. The van der Waals surface area contributed by atoms with Gasteiger partial charge in [0.25, 0.3) is 0 Å². The second-order valence-electron chi connectivity index (χ2n) is 5.29. The number of carbonyl (C=O) groups is 1. The Labute approximate surface area is 114 Å². The summed E-state index contributed by atoms with van der Waals surface area (Å²) in [5.74, 6) is 0.278. The smallest absolute Gasteiger partial charge is 0.243 e. The minimum absolute atomic E-state index is 0.0896. The lowest BCUT2D eigenvalue weighted by Gasteiger charge is -2.33. The summed E-state index contributed by atoms with van der Waals surface area (Å²) in [7, 11) is 1.78. The lowest BCUT2D eigenvalue weighted by molar-refractivity contribution is -0.123. The predicted octanol–water partition coefficient (Wildman–Crippen LogP) is 2.12. The molecule has 0 aliphatic carbocycles. The van der Waals surface area contributed by atoms with Gasteiger partial charge in [-0.25, -0.2) is 0 Å². The van der Waals surface area contributed by atoms with Crippen molar-refractivity contribution < 1.29 is 4.79 Å². The normalized spacial score (nSPS) is 15.1. The lowest BCUT2D eigenvalue weighted by Crippen LogP contribution is -2.53. The first kappa shape index (κ1) is 15.1. The molecular formula is C14H22N2OS. The molecule has 0 aliphatic heterocycles. The van der Waals surface area contributed by atoms with Gasteiger partial charge in [0, 0.05) is 10.5 Å². The first-order valence-electron chi connectivity index (χ1n) is 6.00. The first-order chi connectivity index (χ1) is 8.32. The Hall–Kier alpha value is -1.00. The number of benzene rings is 1. The average Bonchev–Trinajstić information content (AvgIpc) is 2.30. The Kier molecular flexibility index (Phi) is 4.82. The number of carbonyl (C=O) groups excluding carboxylic acids is 1. The maximum absolute atomic E-state index is 11.9. The summed E-state index contributed by atoms with van der Waals surface area (Å²) < 4.78 is 0.0896. The van der Waals surface area contributed by atoms with Gasteiger partial charge in [-0.1, -0.05) is 51.1 Å². The van der Waals surface area contributed by atoms with Crippen LogP contribution in [-0.2, 0) is 10.3 Å². The van der Waals surface area contributed by atoms with Crippen LogP contribution in [0, 0.1) is 0 Å². The van der Waals surface area contributed by atoms with Crippen molar-refractivity contribution in [2.75, 3.05) is 12.8 Å². The summed E-state index contributed by atoms with van der Waals surface area (Å²) in [6.45, 7) is 6.39. The summed E-state index contributed by atoms with van der Waals surface area (Å²) in [6.07, 6.45) is 0. The molecule has 100 valence electrons. The molecule has 0 saturated heterocycles. The molecule has 18 heavy (non-hydrogen) atoms. The number of rotatable bonds is 5. The molecule has 4 heteroatoms. The lowest BCUT2D eigenvalue weighted by atomic mass is 9.91. The third-order valence-electron chi connectivity index (χ3n) is 2.84. The van der Waals surface area contributed by atoms with Gasteiger partial charge in [-0.05, 0) is 12.6 Å². The Morgan fingerprint density at radius 3 is 2.22 bits per heavy atom. The number of hydrogen-bond donors (Lipinski definition) is 2. The van der Waals surface area contributed by atoms with Gasteiger partial charge in [-0.3, -0.25) is 4.79 Å². The molecule has 1 aromatic rings. The van der Waals surface area contributed by atoms with Crippen LogP contribution < -0.4 is 11.1 Å². The van der Waals surface area contributed by atoms with E-state index in [2.05, 4.69) is 26.1 Å². The van der Waals surface area contributed by atoms with E-state index < -0.39 is 5.54 Å². The summed E-state index contributed by atoms with van der Waals surface area (Å²) in [5, 5.41) is 3.11. The standard InChI is InChI=1S/C14H22N2OS/c1-13(2,3)18-10-14(16-4,12(15)17)11-8-6-5-7-9-11/h5-9,16H,10H2,1-4H3,(H2,15,17). The molecule has 1 unspecified atom stereocenters. The van der Waals surface area contributed by atoms with Crippen molar-refractivity contribution in [2.24, 2.45) is 5.73 Å². The highest BCUT2D eigenvalue weighted by molar-refractivity contribution is 8.00. The second kappa shape index (κ2) is 5.76. The van der Waals surface area contributed by atoms with Gasteiger partial charge in [-0.2, -0.15) is 11.8 Å². The number of thioether (sulfide) groups is 1. The summed E-state index contributed by atoms with van der Waals surface area (Å²) >= 11 is 1.72. The van der Waals surface area contributed by atoms with Crippen molar-refractivity contribution in [2.45, 2.75) is 31.1 Å². The number of hydrogen-bond acceptors (Lipinski definition) is 3. The van der Waals surface area contributed by atoms with E-state index in [0.29, 0.717) is 5.75 Å². The van der Waals surface area contributed by atoms with Gasteiger partial charge in [0.15, 0.2) is 0 Å². The number of nitrogens with two attached hydrogens (primary N) is 1. The van der Waals surface area contributed by atoms with Crippen LogP contribution in [0.3, 0.4) is 0 Å². The van der Waals surface area contributed by atoms with E-state index >= 15 is 0 Å². The van der Waals surface area contributed by atoms with Crippen molar-refractivity contribution >= 4 is 17.7 Å².